The largest absolute Gasteiger partial charge is 0.351 e. The van der Waals surface area contributed by atoms with E-state index >= 15 is 0 Å². The SMILES string of the molecule is Cc1ccccc1CCN(C)c1ncc(C#N)s1. The third kappa shape index (κ3) is 2.88. The van der Waals surface area contributed by atoms with Crippen LogP contribution in [0.3, 0.4) is 0 Å². The van der Waals surface area contributed by atoms with Crippen LogP contribution in [-0.2, 0) is 6.42 Å². The van der Waals surface area contributed by atoms with Gasteiger partial charge < -0.3 is 4.90 Å². The first-order valence-electron chi connectivity index (χ1n) is 5.82. The van der Waals surface area contributed by atoms with Crippen molar-refractivity contribution in [3.05, 3.63) is 46.5 Å². The Morgan fingerprint density at radius 3 is 2.83 bits per heavy atom. The first-order valence-corrected chi connectivity index (χ1v) is 6.64. The van der Waals surface area contributed by atoms with Crippen LogP contribution in [0.1, 0.15) is 16.0 Å². The number of hydrogen-bond donors (Lipinski definition) is 0. The highest BCUT2D eigenvalue weighted by Gasteiger charge is 2.07. The maximum atomic E-state index is 8.78. The number of anilines is 1. The molecule has 0 saturated heterocycles. The van der Waals surface area contributed by atoms with Gasteiger partial charge in [0.15, 0.2) is 5.13 Å². The fraction of sp³-hybridized carbons (Fsp3) is 0.286. The van der Waals surface area contributed by atoms with Gasteiger partial charge in [0.05, 0.1) is 6.20 Å². The van der Waals surface area contributed by atoms with Gasteiger partial charge in [-0.25, -0.2) is 4.98 Å². The van der Waals surface area contributed by atoms with Crippen molar-refractivity contribution in [1.82, 2.24) is 4.98 Å². The Kier molecular flexibility index (Phi) is 3.96. The predicted molar refractivity (Wildman–Crippen MR) is 75.0 cm³/mol. The van der Waals surface area contributed by atoms with Gasteiger partial charge in [0.1, 0.15) is 10.9 Å². The van der Waals surface area contributed by atoms with E-state index in [1.54, 1.807) is 6.20 Å². The Labute approximate surface area is 111 Å². The van der Waals surface area contributed by atoms with Gasteiger partial charge in [-0.05, 0) is 24.5 Å². The number of benzene rings is 1. The maximum absolute atomic E-state index is 8.78. The Morgan fingerprint density at radius 1 is 1.39 bits per heavy atom. The van der Waals surface area contributed by atoms with E-state index in [2.05, 4.69) is 47.1 Å². The van der Waals surface area contributed by atoms with E-state index in [-0.39, 0.29) is 0 Å². The van der Waals surface area contributed by atoms with Crippen molar-refractivity contribution in [3.63, 3.8) is 0 Å². The molecular formula is C14H15N3S. The van der Waals surface area contributed by atoms with Gasteiger partial charge in [-0.3, -0.25) is 0 Å². The fourth-order valence-electron chi connectivity index (χ4n) is 1.77. The molecule has 2 rings (SSSR count). The molecule has 4 heteroatoms. The number of likely N-dealkylation sites (N-methyl/N-ethyl adjacent to an activating group) is 1. The van der Waals surface area contributed by atoms with Crippen LogP contribution in [0.25, 0.3) is 0 Å². The summed E-state index contributed by atoms with van der Waals surface area (Å²) in [5.74, 6) is 0. The number of aromatic nitrogens is 1. The van der Waals surface area contributed by atoms with Crippen molar-refractivity contribution in [2.45, 2.75) is 13.3 Å². The van der Waals surface area contributed by atoms with Crippen LogP contribution in [0.2, 0.25) is 0 Å². The Bertz CT molecular complexity index is 568. The molecule has 0 saturated carbocycles. The van der Waals surface area contributed by atoms with Gasteiger partial charge in [-0.1, -0.05) is 35.6 Å². The quantitative estimate of drug-likeness (QED) is 0.845. The number of nitriles is 1. The van der Waals surface area contributed by atoms with E-state index in [1.807, 2.05) is 7.05 Å². The van der Waals surface area contributed by atoms with Crippen LogP contribution in [0.5, 0.6) is 0 Å². The molecular weight excluding hydrogens is 242 g/mol. The van der Waals surface area contributed by atoms with Crippen molar-refractivity contribution in [1.29, 1.82) is 5.26 Å². The zero-order chi connectivity index (χ0) is 13.0. The highest BCUT2D eigenvalue weighted by molar-refractivity contribution is 7.16. The molecule has 0 N–H and O–H groups in total. The smallest absolute Gasteiger partial charge is 0.186 e. The zero-order valence-corrected chi connectivity index (χ0v) is 11.4. The van der Waals surface area contributed by atoms with E-state index in [0.29, 0.717) is 4.88 Å². The lowest BCUT2D eigenvalue weighted by Crippen LogP contribution is -2.20. The fourth-order valence-corrected chi connectivity index (χ4v) is 2.47. The second-order valence-corrected chi connectivity index (χ2v) is 5.23. The first kappa shape index (κ1) is 12.6. The molecule has 0 fully saturated rings. The normalized spacial score (nSPS) is 10.1. The molecule has 0 spiro atoms. The third-order valence-electron chi connectivity index (χ3n) is 2.91. The van der Waals surface area contributed by atoms with Crippen molar-refractivity contribution in [3.8, 4) is 6.07 Å². The molecule has 0 radical (unpaired) electrons. The molecule has 3 nitrogen and oxygen atoms in total. The summed E-state index contributed by atoms with van der Waals surface area (Å²) in [5.41, 5.74) is 2.68. The average Bonchev–Trinajstić information content (AvgIpc) is 2.86. The van der Waals surface area contributed by atoms with E-state index in [1.165, 1.54) is 22.5 Å². The summed E-state index contributed by atoms with van der Waals surface area (Å²) in [6, 6.07) is 10.5. The van der Waals surface area contributed by atoms with E-state index < -0.39 is 0 Å². The molecule has 1 aromatic heterocycles. The minimum absolute atomic E-state index is 0.660. The summed E-state index contributed by atoms with van der Waals surface area (Å²) < 4.78 is 0. The first-order chi connectivity index (χ1) is 8.70. The highest BCUT2D eigenvalue weighted by Crippen LogP contribution is 2.21. The average molecular weight is 257 g/mol. The number of thiazole rings is 1. The lowest BCUT2D eigenvalue weighted by molar-refractivity contribution is 0.866. The monoisotopic (exact) mass is 257 g/mol. The van der Waals surface area contributed by atoms with E-state index in [9.17, 15) is 0 Å². The minimum Gasteiger partial charge on any atom is -0.351 e. The summed E-state index contributed by atoms with van der Waals surface area (Å²) in [6.45, 7) is 3.04. The maximum Gasteiger partial charge on any atom is 0.186 e. The standard InChI is InChI=1S/C14H15N3S/c1-11-5-3-4-6-12(11)7-8-17(2)14-16-10-13(9-15)18-14/h3-6,10H,7-8H2,1-2H3. The van der Waals surface area contributed by atoms with Crippen molar-refractivity contribution in [2.75, 3.05) is 18.5 Å². The van der Waals surface area contributed by atoms with Gasteiger partial charge in [0, 0.05) is 13.6 Å². The van der Waals surface area contributed by atoms with Gasteiger partial charge >= 0.3 is 0 Å². The summed E-state index contributed by atoms with van der Waals surface area (Å²) in [5, 5.41) is 9.68. The molecule has 0 unspecified atom stereocenters. The van der Waals surface area contributed by atoms with Crippen LogP contribution in [-0.4, -0.2) is 18.6 Å². The van der Waals surface area contributed by atoms with Gasteiger partial charge in [-0.15, -0.1) is 0 Å². The van der Waals surface area contributed by atoms with Crippen LogP contribution >= 0.6 is 11.3 Å². The van der Waals surface area contributed by atoms with E-state index in [0.717, 1.165) is 18.1 Å². The molecule has 0 aliphatic heterocycles. The molecule has 1 aromatic carbocycles. The van der Waals surface area contributed by atoms with Crippen LogP contribution in [0.15, 0.2) is 30.5 Å². The summed E-state index contributed by atoms with van der Waals surface area (Å²) in [7, 11) is 2.01. The highest BCUT2D eigenvalue weighted by atomic mass is 32.1. The molecule has 92 valence electrons. The molecule has 2 aromatic rings. The van der Waals surface area contributed by atoms with Gasteiger partial charge in [0.25, 0.3) is 0 Å². The predicted octanol–water partition coefficient (Wildman–Crippen LogP) is 3.00. The Balaban J connectivity index is 1.98. The molecule has 0 atom stereocenters. The lowest BCUT2D eigenvalue weighted by atomic mass is 10.1. The van der Waals surface area contributed by atoms with Crippen molar-refractivity contribution in [2.24, 2.45) is 0 Å². The number of aryl methyl sites for hydroxylation is 1. The number of rotatable bonds is 4. The summed E-state index contributed by atoms with van der Waals surface area (Å²) >= 11 is 1.43. The Hall–Kier alpha value is -1.86. The van der Waals surface area contributed by atoms with Crippen molar-refractivity contribution >= 4 is 16.5 Å². The molecule has 0 bridgehead atoms. The summed E-state index contributed by atoms with van der Waals surface area (Å²) in [4.78, 5) is 7.00. The molecule has 0 aliphatic carbocycles. The molecule has 0 aliphatic rings. The molecule has 18 heavy (non-hydrogen) atoms. The number of hydrogen-bond acceptors (Lipinski definition) is 4. The zero-order valence-electron chi connectivity index (χ0n) is 10.6. The Morgan fingerprint density at radius 2 is 2.17 bits per heavy atom. The molecule has 0 amide bonds. The van der Waals surface area contributed by atoms with Crippen LogP contribution < -0.4 is 4.90 Å². The molecule has 1 heterocycles. The third-order valence-corrected chi connectivity index (χ3v) is 3.92. The van der Waals surface area contributed by atoms with Crippen molar-refractivity contribution < 1.29 is 0 Å². The topological polar surface area (TPSA) is 39.9 Å². The van der Waals surface area contributed by atoms with Crippen LogP contribution in [0.4, 0.5) is 5.13 Å². The van der Waals surface area contributed by atoms with Gasteiger partial charge in [0.2, 0.25) is 0 Å². The summed E-state index contributed by atoms with van der Waals surface area (Å²) in [6.07, 6.45) is 2.62. The lowest BCUT2D eigenvalue weighted by Gasteiger charge is -2.16. The number of nitrogens with zero attached hydrogens (tertiary/aromatic N) is 3. The van der Waals surface area contributed by atoms with Crippen LogP contribution in [0, 0.1) is 18.3 Å². The van der Waals surface area contributed by atoms with Gasteiger partial charge in [-0.2, -0.15) is 5.26 Å². The van der Waals surface area contributed by atoms with E-state index in [4.69, 9.17) is 5.26 Å². The second-order valence-electron chi connectivity index (χ2n) is 4.22. The minimum atomic E-state index is 0.660. The second kappa shape index (κ2) is 5.65.